The zero-order valence-corrected chi connectivity index (χ0v) is 19.7. The van der Waals surface area contributed by atoms with Crippen molar-refractivity contribution < 1.29 is 13.2 Å². The second kappa shape index (κ2) is 8.38. The molecule has 1 atom stereocenters. The van der Waals surface area contributed by atoms with Gasteiger partial charge in [-0.05, 0) is 55.3 Å². The van der Waals surface area contributed by atoms with Crippen LogP contribution in [-0.4, -0.2) is 52.7 Å². The van der Waals surface area contributed by atoms with Crippen LogP contribution in [0, 0.1) is 0 Å². The topological polar surface area (TPSA) is 74.8 Å². The van der Waals surface area contributed by atoms with Crippen molar-refractivity contribution in [3.63, 3.8) is 0 Å². The van der Waals surface area contributed by atoms with Gasteiger partial charge in [-0.2, -0.15) is 0 Å². The SMILES string of the molecule is COc1cc2c(cc1N1CCN[C@H](C)C1)N(S(=O)(=O)c1ccc(-c3ccccn3)s1)CC2. The van der Waals surface area contributed by atoms with Crippen molar-refractivity contribution in [1.29, 1.82) is 0 Å². The van der Waals surface area contributed by atoms with Crippen molar-refractivity contribution in [2.75, 3.05) is 42.5 Å². The highest BCUT2D eigenvalue weighted by atomic mass is 32.2. The standard InChI is InChI=1S/C23H26N4O3S2/c1-16-15-26(12-10-24-16)20-14-19-17(13-21(20)30-2)8-11-27(19)32(28,29)23-7-6-22(31-23)18-5-3-4-9-25-18/h3-7,9,13-14,16,24H,8,10-12,15H2,1-2H3/t16-/m1/s1. The summed E-state index contributed by atoms with van der Waals surface area (Å²) < 4.78 is 34.8. The molecule has 1 saturated heterocycles. The molecule has 1 fully saturated rings. The van der Waals surface area contributed by atoms with Crippen LogP contribution in [0.25, 0.3) is 10.6 Å². The second-order valence-electron chi connectivity index (χ2n) is 8.11. The van der Waals surface area contributed by atoms with Crippen molar-refractivity contribution in [3.8, 4) is 16.3 Å². The molecule has 4 heterocycles. The number of thiophene rings is 1. The van der Waals surface area contributed by atoms with Gasteiger partial charge in [-0.25, -0.2) is 8.42 Å². The van der Waals surface area contributed by atoms with Crippen molar-refractivity contribution in [1.82, 2.24) is 10.3 Å². The van der Waals surface area contributed by atoms with Gasteiger partial charge in [0.1, 0.15) is 9.96 Å². The summed E-state index contributed by atoms with van der Waals surface area (Å²) in [6.45, 7) is 5.16. The Morgan fingerprint density at radius 2 is 2.03 bits per heavy atom. The summed E-state index contributed by atoms with van der Waals surface area (Å²) in [4.78, 5) is 7.46. The zero-order chi connectivity index (χ0) is 22.3. The van der Waals surface area contributed by atoms with E-state index in [9.17, 15) is 8.42 Å². The summed E-state index contributed by atoms with van der Waals surface area (Å²) in [6, 6.07) is 13.5. The van der Waals surface area contributed by atoms with E-state index in [0.717, 1.165) is 52.9 Å². The minimum atomic E-state index is -3.66. The van der Waals surface area contributed by atoms with Crippen LogP contribution in [0.5, 0.6) is 5.75 Å². The van der Waals surface area contributed by atoms with E-state index in [4.69, 9.17) is 4.74 Å². The van der Waals surface area contributed by atoms with Gasteiger partial charge in [-0.1, -0.05) is 6.07 Å². The average molecular weight is 471 g/mol. The minimum Gasteiger partial charge on any atom is -0.495 e. The van der Waals surface area contributed by atoms with Crippen molar-refractivity contribution >= 4 is 32.7 Å². The van der Waals surface area contributed by atoms with Gasteiger partial charge in [-0.15, -0.1) is 11.3 Å². The first-order valence-electron chi connectivity index (χ1n) is 10.7. The maximum Gasteiger partial charge on any atom is 0.273 e. The predicted octanol–water partition coefficient (Wildman–Crippen LogP) is 3.37. The number of aromatic nitrogens is 1. The number of rotatable bonds is 5. The van der Waals surface area contributed by atoms with E-state index in [-0.39, 0.29) is 0 Å². The van der Waals surface area contributed by atoms with Crippen LogP contribution >= 0.6 is 11.3 Å². The molecule has 1 N–H and O–H groups in total. The molecule has 7 nitrogen and oxygen atoms in total. The van der Waals surface area contributed by atoms with Gasteiger partial charge in [0.2, 0.25) is 0 Å². The third-order valence-corrected chi connectivity index (χ3v) is 9.37. The van der Waals surface area contributed by atoms with Gasteiger partial charge in [0.15, 0.2) is 0 Å². The number of ether oxygens (including phenoxy) is 1. The summed E-state index contributed by atoms with van der Waals surface area (Å²) in [5.74, 6) is 0.797. The molecular weight excluding hydrogens is 444 g/mol. The molecular formula is C23H26N4O3S2. The normalized spacial score (nSPS) is 18.6. The summed E-state index contributed by atoms with van der Waals surface area (Å²) in [7, 11) is -1.99. The van der Waals surface area contributed by atoms with E-state index in [0.29, 0.717) is 23.2 Å². The zero-order valence-electron chi connectivity index (χ0n) is 18.1. The Labute approximate surface area is 192 Å². The fraction of sp³-hybridized carbons (Fsp3) is 0.348. The third-order valence-electron chi connectivity index (χ3n) is 5.99. The molecule has 0 bridgehead atoms. The second-order valence-corrected chi connectivity index (χ2v) is 11.3. The Morgan fingerprint density at radius 1 is 1.16 bits per heavy atom. The maximum atomic E-state index is 13.6. The van der Waals surface area contributed by atoms with Gasteiger partial charge >= 0.3 is 0 Å². The number of anilines is 2. The van der Waals surface area contributed by atoms with Crippen molar-refractivity contribution in [2.24, 2.45) is 0 Å². The molecule has 2 aliphatic heterocycles. The van der Waals surface area contributed by atoms with Crippen LogP contribution in [0.3, 0.4) is 0 Å². The van der Waals surface area contributed by atoms with Crippen LogP contribution in [0.1, 0.15) is 12.5 Å². The van der Waals surface area contributed by atoms with Gasteiger partial charge in [0.25, 0.3) is 10.0 Å². The highest BCUT2D eigenvalue weighted by Gasteiger charge is 2.34. The van der Waals surface area contributed by atoms with Crippen molar-refractivity contribution in [2.45, 2.75) is 23.6 Å². The first-order valence-corrected chi connectivity index (χ1v) is 13.0. The molecule has 1 aromatic carbocycles. The number of nitrogens with zero attached hydrogens (tertiary/aromatic N) is 3. The Morgan fingerprint density at radius 3 is 2.78 bits per heavy atom. The number of benzene rings is 1. The number of sulfonamides is 1. The highest BCUT2D eigenvalue weighted by molar-refractivity contribution is 7.94. The fourth-order valence-corrected chi connectivity index (χ4v) is 7.29. The van der Waals surface area contributed by atoms with Crippen LogP contribution in [0.4, 0.5) is 11.4 Å². The highest BCUT2D eigenvalue weighted by Crippen LogP contribution is 2.42. The fourth-order valence-electron chi connectivity index (χ4n) is 4.40. The molecule has 0 aliphatic carbocycles. The summed E-state index contributed by atoms with van der Waals surface area (Å²) in [5, 5.41) is 3.45. The molecule has 168 valence electrons. The molecule has 0 unspecified atom stereocenters. The van der Waals surface area contributed by atoms with Gasteiger partial charge in [-0.3, -0.25) is 9.29 Å². The Bertz CT molecular complexity index is 1230. The molecule has 2 aromatic heterocycles. The van der Waals surface area contributed by atoms with Crippen molar-refractivity contribution in [3.05, 3.63) is 54.2 Å². The molecule has 2 aliphatic rings. The number of pyridine rings is 1. The molecule has 5 rings (SSSR count). The molecule has 0 radical (unpaired) electrons. The largest absolute Gasteiger partial charge is 0.495 e. The van der Waals surface area contributed by atoms with Crippen LogP contribution in [0.2, 0.25) is 0 Å². The van der Waals surface area contributed by atoms with Crippen LogP contribution < -0.4 is 19.3 Å². The minimum absolute atomic E-state index is 0.333. The lowest BCUT2D eigenvalue weighted by molar-refractivity contribution is 0.409. The van der Waals surface area contributed by atoms with E-state index in [1.54, 1.807) is 23.7 Å². The molecule has 32 heavy (non-hydrogen) atoms. The number of methoxy groups -OCH3 is 1. The van der Waals surface area contributed by atoms with E-state index in [1.807, 2.05) is 36.4 Å². The van der Waals surface area contributed by atoms with Gasteiger partial charge < -0.3 is 15.0 Å². The lowest BCUT2D eigenvalue weighted by Gasteiger charge is -2.35. The Balaban J connectivity index is 1.50. The number of fused-ring (bicyclic) bond motifs is 1. The third kappa shape index (κ3) is 3.74. The quantitative estimate of drug-likeness (QED) is 0.616. The predicted molar refractivity (Wildman–Crippen MR) is 128 cm³/mol. The number of hydrogen-bond donors (Lipinski definition) is 1. The summed E-state index contributed by atoms with van der Waals surface area (Å²) in [6.07, 6.45) is 2.38. The summed E-state index contributed by atoms with van der Waals surface area (Å²) >= 11 is 1.26. The maximum absolute atomic E-state index is 13.6. The Hall–Kier alpha value is -2.62. The Kier molecular flexibility index (Phi) is 5.56. The monoisotopic (exact) mass is 470 g/mol. The molecule has 0 amide bonds. The molecule has 3 aromatic rings. The molecule has 0 saturated carbocycles. The lowest BCUT2D eigenvalue weighted by Crippen LogP contribution is -2.49. The summed E-state index contributed by atoms with van der Waals surface area (Å²) in [5.41, 5.74) is 3.47. The van der Waals surface area contributed by atoms with E-state index in [1.165, 1.54) is 11.3 Å². The first kappa shape index (κ1) is 21.2. The van der Waals surface area contributed by atoms with E-state index < -0.39 is 10.0 Å². The van der Waals surface area contributed by atoms with Crippen LogP contribution in [0.15, 0.2) is 52.9 Å². The van der Waals surface area contributed by atoms with Gasteiger partial charge in [0.05, 0.1) is 29.1 Å². The number of nitrogens with one attached hydrogen (secondary N) is 1. The van der Waals surface area contributed by atoms with E-state index in [2.05, 4.69) is 22.1 Å². The number of hydrogen-bond acceptors (Lipinski definition) is 7. The average Bonchev–Trinajstić information content (AvgIpc) is 3.47. The van der Waals surface area contributed by atoms with Gasteiger partial charge in [0, 0.05) is 38.4 Å². The van der Waals surface area contributed by atoms with Crippen LogP contribution in [-0.2, 0) is 16.4 Å². The lowest BCUT2D eigenvalue weighted by atomic mass is 10.1. The smallest absolute Gasteiger partial charge is 0.273 e. The first-order chi connectivity index (χ1) is 15.5. The molecule has 0 spiro atoms. The number of piperazine rings is 1. The van der Waals surface area contributed by atoms with E-state index >= 15 is 0 Å². The molecule has 9 heteroatoms.